The number of hydrogen-bond donors (Lipinski definition) is 2. The van der Waals surface area contributed by atoms with Crippen molar-refractivity contribution in [3.63, 3.8) is 0 Å². The molecule has 5 nitrogen and oxygen atoms in total. The summed E-state index contributed by atoms with van der Waals surface area (Å²) < 4.78 is 0. The molecule has 1 heterocycles. The van der Waals surface area contributed by atoms with Crippen LogP contribution in [0.25, 0.3) is 0 Å². The molecule has 0 saturated carbocycles. The number of rotatable bonds is 3. The zero-order valence-electron chi connectivity index (χ0n) is 6.93. The molecule has 70 valence electrons. The summed E-state index contributed by atoms with van der Waals surface area (Å²) >= 11 is 0. The molecule has 0 amide bonds. The first-order chi connectivity index (χ1) is 5.59. The van der Waals surface area contributed by atoms with Crippen molar-refractivity contribution in [2.24, 2.45) is 0 Å². The minimum Gasteiger partial charge on any atom is -0.481 e. The van der Waals surface area contributed by atoms with Gasteiger partial charge in [0.15, 0.2) is 0 Å². The highest BCUT2D eigenvalue weighted by Gasteiger charge is 2.26. The van der Waals surface area contributed by atoms with E-state index in [1.165, 1.54) is 5.06 Å². The highest BCUT2D eigenvalue weighted by atomic mass is 16.7. The van der Waals surface area contributed by atoms with Gasteiger partial charge in [-0.2, -0.15) is 5.06 Å². The Labute approximate surface area is 70.5 Å². The van der Waals surface area contributed by atoms with Gasteiger partial charge in [-0.15, -0.1) is 0 Å². The maximum atomic E-state index is 10.3. The van der Waals surface area contributed by atoms with E-state index in [4.69, 9.17) is 15.1 Å². The molecule has 1 fully saturated rings. The highest BCUT2D eigenvalue weighted by molar-refractivity contribution is 5.67. The van der Waals surface area contributed by atoms with Crippen molar-refractivity contribution in [2.45, 2.75) is 25.5 Å². The molecular weight excluding hydrogens is 162 g/mol. The average molecular weight is 175 g/mol. The van der Waals surface area contributed by atoms with Gasteiger partial charge in [-0.3, -0.25) is 9.63 Å². The van der Waals surface area contributed by atoms with Crippen molar-refractivity contribution in [3.8, 4) is 0 Å². The van der Waals surface area contributed by atoms with E-state index in [0.717, 1.165) is 0 Å². The first kappa shape index (κ1) is 9.44. The Morgan fingerprint density at radius 1 is 1.83 bits per heavy atom. The number of aliphatic carboxylic acids is 1. The first-order valence-corrected chi connectivity index (χ1v) is 3.89. The molecule has 0 aromatic rings. The van der Waals surface area contributed by atoms with Crippen LogP contribution < -0.4 is 0 Å². The first-order valence-electron chi connectivity index (χ1n) is 3.89. The summed E-state index contributed by atoms with van der Waals surface area (Å²) in [7, 11) is 0. The molecule has 1 saturated heterocycles. The molecular formula is C7H13NO4. The molecule has 0 aromatic carbocycles. The van der Waals surface area contributed by atoms with Crippen LogP contribution in [0.2, 0.25) is 0 Å². The smallest absolute Gasteiger partial charge is 0.305 e. The van der Waals surface area contributed by atoms with E-state index in [9.17, 15) is 4.79 Å². The number of carboxylic acids is 1. The predicted molar refractivity (Wildman–Crippen MR) is 40.4 cm³/mol. The number of carbonyl (C=O) groups is 1. The predicted octanol–water partition coefficient (Wildman–Crippen LogP) is -0.542. The molecule has 1 rings (SSSR count). The van der Waals surface area contributed by atoms with E-state index in [1.807, 2.05) is 0 Å². The van der Waals surface area contributed by atoms with Gasteiger partial charge in [0, 0.05) is 6.04 Å². The summed E-state index contributed by atoms with van der Waals surface area (Å²) in [5.41, 5.74) is 0. The zero-order chi connectivity index (χ0) is 9.14. The van der Waals surface area contributed by atoms with Crippen LogP contribution in [0.1, 0.15) is 13.3 Å². The number of hydroxylamine groups is 2. The second-order valence-electron chi connectivity index (χ2n) is 3.00. The fourth-order valence-corrected chi connectivity index (χ4v) is 1.16. The minimum atomic E-state index is -0.854. The molecule has 0 spiro atoms. The lowest BCUT2D eigenvalue weighted by Gasteiger charge is -2.19. The minimum absolute atomic E-state index is 0.0344. The summed E-state index contributed by atoms with van der Waals surface area (Å²) in [5, 5.41) is 19.0. The topological polar surface area (TPSA) is 70.0 Å². The SMILES string of the molecule is CC(CC(=O)O)N1CC(O)CO1. The Hall–Kier alpha value is -0.650. The van der Waals surface area contributed by atoms with E-state index < -0.39 is 12.1 Å². The van der Waals surface area contributed by atoms with Crippen molar-refractivity contribution in [3.05, 3.63) is 0 Å². The van der Waals surface area contributed by atoms with Crippen molar-refractivity contribution in [1.29, 1.82) is 0 Å². The third-order valence-corrected chi connectivity index (χ3v) is 1.79. The second kappa shape index (κ2) is 3.84. The number of hydrogen-bond acceptors (Lipinski definition) is 4. The van der Waals surface area contributed by atoms with Crippen molar-refractivity contribution >= 4 is 5.97 Å². The number of aliphatic hydroxyl groups excluding tert-OH is 1. The van der Waals surface area contributed by atoms with Gasteiger partial charge in [0.2, 0.25) is 0 Å². The van der Waals surface area contributed by atoms with Gasteiger partial charge < -0.3 is 10.2 Å². The Morgan fingerprint density at radius 2 is 2.50 bits per heavy atom. The lowest BCUT2D eigenvalue weighted by Crippen LogP contribution is -2.32. The normalized spacial score (nSPS) is 27.3. The lowest BCUT2D eigenvalue weighted by molar-refractivity contribution is -0.155. The summed E-state index contributed by atoms with van der Waals surface area (Å²) in [4.78, 5) is 15.4. The maximum absolute atomic E-state index is 10.3. The highest BCUT2D eigenvalue weighted by Crippen LogP contribution is 2.12. The monoisotopic (exact) mass is 175 g/mol. The summed E-state index contributed by atoms with van der Waals surface area (Å²) in [6, 6.07) is -0.181. The van der Waals surface area contributed by atoms with Crippen LogP contribution in [0.4, 0.5) is 0 Å². The van der Waals surface area contributed by atoms with E-state index in [0.29, 0.717) is 6.54 Å². The fraction of sp³-hybridized carbons (Fsp3) is 0.857. The average Bonchev–Trinajstić information content (AvgIpc) is 2.34. The molecule has 2 unspecified atom stereocenters. The van der Waals surface area contributed by atoms with Gasteiger partial charge in [0.1, 0.15) is 0 Å². The Morgan fingerprint density at radius 3 is 2.92 bits per heavy atom. The quantitative estimate of drug-likeness (QED) is 0.602. The van der Waals surface area contributed by atoms with Gasteiger partial charge in [0.05, 0.1) is 25.7 Å². The van der Waals surface area contributed by atoms with E-state index >= 15 is 0 Å². The summed E-state index contributed by atoms with van der Waals surface area (Å²) in [5.74, 6) is -0.854. The summed E-state index contributed by atoms with van der Waals surface area (Å²) in [6.45, 7) is 2.42. The Kier molecular flexibility index (Phi) is 3.02. The molecule has 2 atom stereocenters. The Balaban J connectivity index is 2.32. The van der Waals surface area contributed by atoms with Gasteiger partial charge >= 0.3 is 5.97 Å². The maximum Gasteiger partial charge on any atom is 0.305 e. The Bertz CT molecular complexity index is 173. The van der Waals surface area contributed by atoms with Gasteiger partial charge in [-0.25, -0.2) is 0 Å². The van der Waals surface area contributed by atoms with Gasteiger partial charge in [-0.1, -0.05) is 0 Å². The molecule has 0 aliphatic carbocycles. The number of aliphatic hydroxyl groups is 1. The fourth-order valence-electron chi connectivity index (χ4n) is 1.16. The number of carboxylic acid groups (broad SMARTS) is 1. The standard InChI is InChI=1S/C7H13NO4/c1-5(2-7(10)11)8-3-6(9)4-12-8/h5-6,9H,2-4H2,1H3,(H,10,11). The van der Waals surface area contributed by atoms with E-state index in [1.54, 1.807) is 6.92 Å². The molecule has 0 bridgehead atoms. The summed E-state index contributed by atoms with van der Waals surface area (Å²) in [6.07, 6.45) is -0.451. The van der Waals surface area contributed by atoms with Crippen LogP contribution >= 0.6 is 0 Å². The molecule has 1 aliphatic rings. The molecule has 1 aliphatic heterocycles. The van der Waals surface area contributed by atoms with Gasteiger partial charge in [-0.05, 0) is 6.92 Å². The number of nitrogens with zero attached hydrogens (tertiary/aromatic N) is 1. The van der Waals surface area contributed by atoms with Crippen molar-refractivity contribution in [1.82, 2.24) is 5.06 Å². The molecule has 0 radical (unpaired) electrons. The molecule has 2 N–H and O–H groups in total. The molecule has 5 heteroatoms. The third kappa shape index (κ3) is 2.44. The van der Waals surface area contributed by atoms with E-state index in [2.05, 4.69) is 0 Å². The third-order valence-electron chi connectivity index (χ3n) is 1.79. The lowest BCUT2D eigenvalue weighted by atomic mass is 10.2. The van der Waals surface area contributed by atoms with Crippen LogP contribution in [0.3, 0.4) is 0 Å². The number of β-amino-alcohol motifs (C(OH)–C–C–N with tert-alkyl or cyclic N) is 1. The largest absolute Gasteiger partial charge is 0.481 e. The van der Waals surface area contributed by atoms with Crippen molar-refractivity contribution in [2.75, 3.05) is 13.2 Å². The van der Waals surface area contributed by atoms with Crippen molar-refractivity contribution < 1.29 is 19.8 Å². The van der Waals surface area contributed by atoms with Crippen LogP contribution in [0.15, 0.2) is 0 Å². The molecule has 0 aromatic heterocycles. The van der Waals surface area contributed by atoms with Crippen LogP contribution in [-0.2, 0) is 9.63 Å². The molecule has 12 heavy (non-hydrogen) atoms. The van der Waals surface area contributed by atoms with E-state index in [-0.39, 0.29) is 19.1 Å². The second-order valence-corrected chi connectivity index (χ2v) is 3.00. The van der Waals surface area contributed by atoms with Gasteiger partial charge in [0.25, 0.3) is 0 Å². The van der Waals surface area contributed by atoms with Crippen LogP contribution in [-0.4, -0.2) is 46.5 Å². The zero-order valence-corrected chi connectivity index (χ0v) is 6.93. The van der Waals surface area contributed by atoms with Crippen LogP contribution in [0.5, 0.6) is 0 Å². The van der Waals surface area contributed by atoms with Crippen LogP contribution in [0, 0.1) is 0 Å².